The molecule has 25 heavy (non-hydrogen) atoms. The molecule has 2 aromatic heterocycles. The summed E-state index contributed by atoms with van der Waals surface area (Å²) in [5.41, 5.74) is 1.10. The molecule has 5 rings (SSSR count). The molecule has 3 saturated heterocycles. The van der Waals surface area contributed by atoms with Crippen molar-refractivity contribution in [3.8, 4) is 0 Å². The number of fused-ring (bicyclic) bond motifs is 5. The highest BCUT2D eigenvalue weighted by atomic mass is 15.3. The summed E-state index contributed by atoms with van der Waals surface area (Å²) in [6.07, 6.45) is 12.1. The Kier molecular flexibility index (Phi) is 3.92. The Balaban J connectivity index is 1.48. The normalized spacial score (nSPS) is 32.8. The van der Waals surface area contributed by atoms with E-state index >= 15 is 0 Å². The molecular weight excluding hydrogens is 310 g/mol. The van der Waals surface area contributed by atoms with Crippen molar-refractivity contribution in [1.82, 2.24) is 20.1 Å². The highest BCUT2D eigenvalue weighted by molar-refractivity contribution is 5.88. The number of aromatic nitrogens is 3. The van der Waals surface area contributed by atoms with Crippen LogP contribution >= 0.6 is 0 Å². The van der Waals surface area contributed by atoms with E-state index in [-0.39, 0.29) is 0 Å². The van der Waals surface area contributed by atoms with E-state index in [0.717, 1.165) is 48.3 Å². The summed E-state index contributed by atoms with van der Waals surface area (Å²) in [6, 6.07) is 3.60. The summed E-state index contributed by atoms with van der Waals surface area (Å²) >= 11 is 0. The molecular formula is C20H29N5. The summed E-state index contributed by atoms with van der Waals surface area (Å²) in [4.78, 5) is 10.2. The van der Waals surface area contributed by atoms with E-state index in [2.05, 4.69) is 26.9 Å². The van der Waals surface area contributed by atoms with E-state index in [1.54, 1.807) is 0 Å². The topological polar surface area (TPSA) is 48.1 Å². The minimum Gasteiger partial charge on any atom is -0.355 e. The van der Waals surface area contributed by atoms with Crippen molar-refractivity contribution in [2.45, 2.75) is 57.5 Å². The van der Waals surface area contributed by atoms with Gasteiger partial charge in [0, 0.05) is 31.4 Å². The van der Waals surface area contributed by atoms with Gasteiger partial charge in [-0.25, -0.2) is 4.98 Å². The lowest BCUT2D eigenvalue weighted by atomic mass is 9.71. The van der Waals surface area contributed by atoms with E-state index in [4.69, 9.17) is 4.98 Å². The van der Waals surface area contributed by atoms with Gasteiger partial charge in [-0.15, -0.1) is 0 Å². The van der Waals surface area contributed by atoms with Gasteiger partial charge in [0.1, 0.15) is 5.82 Å². The lowest BCUT2D eigenvalue weighted by Gasteiger charge is -2.57. The average molecular weight is 339 g/mol. The van der Waals surface area contributed by atoms with Crippen molar-refractivity contribution >= 4 is 16.7 Å². The summed E-state index contributed by atoms with van der Waals surface area (Å²) in [6.45, 7) is 5.99. The van der Waals surface area contributed by atoms with Crippen molar-refractivity contribution in [2.24, 2.45) is 11.8 Å². The van der Waals surface area contributed by atoms with Crippen molar-refractivity contribution in [1.29, 1.82) is 0 Å². The Labute approximate surface area is 149 Å². The van der Waals surface area contributed by atoms with Crippen LogP contribution in [-0.4, -0.2) is 51.8 Å². The quantitative estimate of drug-likeness (QED) is 0.931. The van der Waals surface area contributed by atoms with E-state index in [9.17, 15) is 0 Å². The maximum absolute atomic E-state index is 4.76. The molecule has 3 aliphatic heterocycles. The molecule has 5 heterocycles. The van der Waals surface area contributed by atoms with Crippen LogP contribution in [0.2, 0.25) is 0 Å². The van der Waals surface area contributed by atoms with Crippen molar-refractivity contribution in [2.75, 3.05) is 24.5 Å². The van der Waals surface area contributed by atoms with E-state index in [1.165, 1.54) is 50.5 Å². The van der Waals surface area contributed by atoms with Gasteiger partial charge in [0.2, 0.25) is 0 Å². The third-order valence-corrected chi connectivity index (χ3v) is 6.85. The van der Waals surface area contributed by atoms with Crippen molar-refractivity contribution in [3.63, 3.8) is 0 Å². The maximum atomic E-state index is 4.76. The summed E-state index contributed by atoms with van der Waals surface area (Å²) < 4.78 is 0. The van der Waals surface area contributed by atoms with Crippen LogP contribution in [0, 0.1) is 11.8 Å². The Hall–Kier alpha value is -1.62. The highest BCUT2D eigenvalue weighted by Gasteiger charge is 2.46. The van der Waals surface area contributed by atoms with E-state index in [0.29, 0.717) is 0 Å². The zero-order valence-corrected chi connectivity index (χ0v) is 15.2. The van der Waals surface area contributed by atoms with Gasteiger partial charge in [-0.1, -0.05) is 19.8 Å². The number of piperidine rings is 3. The van der Waals surface area contributed by atoms with Gasteiger partial charge in [0.25, 0.3) is 0 Å². The van der Waals surface area contributed by atoms with Crippen LogP contribution in [0.3, 0.4) is 0 Å². The number of aromatic amines is 1. The number of H-pyrrole nitrogens is 1. The number of pyridine rings is 1. The number of hydrogen-bond donors (Lipinski definition) is 1. The predicted octanol–water partition coefficient (Wildman–Crippen LogP) is 3.44. The van der Waals surface area contributed by atoms with E-state index < -0.39 is 0 Å². The molecule has 2 bridgehead atoms. The van der Waals surface area contributed by atoms with Gasteiger partial charge in [0.15, 0.2) is 0 Å². The molecule has 2 aromatic rings. The monoisotopic (exact) mass is 339 g/mol. The van der Waals surface area contributed by atoms with E-state index in [1.807, 2.05) is 18.5 Å². The lowest BCUT2D eigenvalue weighted by molar-refractivity contribution is -0.0354. The third kappa shape index (κ3) is 2.55. The smallest absolute Gasteiger partial charge is 0.139 e. The molecule has 0 unspecified atom stereocenters. The molecule has 5 nitrogen and oxygen atoms in total. The SMILES string of the molecule is CCC[C@H]1[C@H]2C[C@H](CN(c3nccc4[nH]ncc34)C2)[C@@H]2CCCCN21. The largest absolute Gasteiger partial charge is 0.355 e. The zero-order valence-electron chi connectivity index (χ0n) is 15.2. The second kappa shape index (κ2) is 6.27. The van der Waals surface area contributed by atoms with Crippen LogP contribution < -0.4 is 4.90 Å². The predicted molar refractivity (Wildman–Crippen MR) is 101 cm³/mol. The zero-order chi connectivity index (χ0) is 16.8. The Morgan fingerprint density at radius 1 is 1.24 bits per heavy atom. The first-order valence-electron chi connectivity index (χ1n) is 10.1. The van der Waals surface area contributed by atoms with Crippen LogP contribution in [0.1, 0.15) is 45.4 Å². The molecule has 4 atom stereocenters. The first-order valence-corrected chi connectivity index (χ1v) is 10.1. The second-order valence-electron chi connectivity index (χ2n) is 8.28. The van der Waals surface area contributed by atoms with Crippen molar-refractivity contribution < 1.29 is 0 Å². The highest BCUT2D eigenvalue weighted by Crippen LogP contribution is 2.43. The molecule has 0 aliphatic carbocycles. The van der Waals surface area contributed by atoms with Gasteiger partial charge in [-0.2, -0.15) is 5.10 Å². The molecule has 0 aromatic carbocycles. The van der Waals surface area contributed by atoms with Gasteiger partial charge < -0.3 is 4.90 Å². The van der Waals surface area contributed by atoms with Crippen LogP contribution in [0.15, 0.2) is 18.5 Å². The molecule has 0 amide bonds. The fourth-order valence-electron chi connectivity index (χ4n) is 5.88. The standard InChI is InChI=1S/C20H29N5/c1-2-5-18-14-10-15(19-6-3-4-9-25(18)19)13-24(12-14)20-16-11-22-23-17(16)7-8-21-20/h7-8,11,14-15,18-19H,2-6,9-10,12-13H2,1H3,(H,22,23)/t14-,15+,18-,19-/m0/s1. The van der Waals surface area contributed by atoms with Gasteiger partial charge in [0.05, 0.1) is 17.1 Å². The molecule has 0 saturated carbocycles. The van der Waals surface area contributed by atoms with Crippen LogP contribution in [0.5, 0.6) is 0 Å². The fraction of sp³-hybridized carbons (Fsp3) is 0.700. The molecule has 3 aliphatic rings. The summed E-state index contributed by atoms with van der Waals surface area (Å²) in [7, 11) is 0. The minimum absolute atomic E-state index is 0.776. The third-order valence-electron chi connectivity index (χ3n) is 6.85. The first-order chi connectivity index (χ1) is 12.3. The second-order valence-corrected chi connectivity index (χ2v) is 8.28. The molecule has 3 fully saturated rings. The number of anilines is 1. The number of nitrogens with one attached hydrogen (secondary N) is 1. The fourth-order valence-corrected chi connectivity index (χ4v) is 5.88. The molecule has 1 N–H and O–H groups in total. The Morgan fingerprint density at radius 3 is 3.08 bits per heavy atom. The Morgan fingerprint density at radius 2 is 2.16 bits per heavy atom. The summed E-state index contributed by atoms with van der Waals surface area (Å²) in [5.74, 6) is 2.73. The van der Waals surface area contributed by atoms with Gasteiger partial charge in [-0.05, 0) is 50.1 Å². The number of hydrogen-bond acceptors (Lipinski definition) is 4. The van der Waals surface area contributed by atoms with Crippen LogP contribution in [0.4, 0.5) is 5.82 Å². The maximum Gasteiger partial charge on any atom is 0.139 e. The van der Waals surface area contributed by atoms with Crippen LogP contribution in [-0.2, 0) is 0 Å². The first kappa shape index (κ1) is 15.6. The van der Waals surface area contributed by atoms with Gasteiger partial charge in [-0.3, -0.25) is 10.00 Å². The molecule has 0 spiro atoms. The van der Waals surface area contributed by atoms with Crippen LogP contribution in [0.25, 0.3) is 10.9 Å². The average Bonchev–Trinajstić information content (AvgIpc) is 3.14. The summed E-state index contributed by atoms with van der Waals surface area (Å²) in [5, 5.41) is 8.51. The number of nitrogens with zero attached hydrogens (tertiary/aromatic N) is 4. The number of rotatable bonds is 3. The minimum atomic E-state index is 0.776. The lowest BCUT2D eigenvalue weighted by Crippen LogP contribution is -2.63. The molecule has 5 heteroatoms. The van der Waals surface area contributed by atoms with Crippen molar-refractivity contribution in [3.05, 3.63) is 18.5 Å². The molecule has 0 radical (unpaired) electrons. The molecule has 134 valence electrons. The van der Waals surface area contributed by atoms with Gasteiger partial charge >= 0.3 is 0 Å². The Bertz CT molecular complexity index is 741.